The number of carbonyl (C=O) groups excluding carboxylic acids is 1. The molecular formula is C12H7Cl2NO2. The van der Waals surface area contributed by atoms with E-state index in [1.807, 2.05) is 0 Å². The minimum absolute atomic E-state index is 0.201. The van der Waals surface area contributed by atoms with Crippen molar-refractivity contribution in [2.45, 2.75) is 0 Å². The van der Waals surface area contributed by atoms with Crippen LogP contribution < -0.4 is 4.74 Å². The quantitative estimate of drug-likeness (QED) is 0.790. The van der Waals surface area contributed by atoms with E-state index in [2.05, 4.69) is 4.98 Å². The molecule has 0 atom stereocenters. The number of carbonyl (C=O) groups is 1. The van der Waals surface area contributed by atoms with Crippen molar-refractivity contribution in [3.05, 3.63) is 52.1 Å². The topological polar surface area (TPSA) is 39.2 Å². The zero-order valence-electron chi connectivity index (χ0n) is 8.56. The molecule has 0 amide bonds. The number of halogens is 2. The maximum absolute atomic E-state index is 10.8. The molecule has 1 heterocycles. The molecule has 17 heavy (non-hydrogen) atoms. The summed E-state index contributed by atoms with van der Waals surface area (Å²) in [7, 11) is 0. The van der Waals surface area contributed by atoms with Crippen molar-refractivity contribution in [1.82, 2.24) is 4.98 Å². The summed E-state index contributed by atoms with van der Waals surface area (Å²) < 4.78 is 5.45. The normalized spacial score (nSPS) is 10.0. The first-order chi connectivity index (χ1) is 8.22. The van der Waals surface area contributed by atoms with Crippen molar-refractivity contribution >= 4 is 29.5 Å². The number of ether oxygens (including phenoxy) is 1. The number of benzene rings is 1. The molecule has 2 rings (SSSR count). The second-order valence-electron chi connectivity index (χ2n) is 3.17. The molecule has 1 aromatic carbocycles. The second kappa shape index (κ2) is 5.17. The van der Waals surface area contributed by atoms with Gasteiger partial charge in [0.2, 0.25) is 5.88 Å². The van der Waals surface area contributed by atoms with Crippen LogP contribution in [0.2, 0.25) is 10.0 Å². The SMILES string of the molecule is O=Cc1cccnc1Oc1cccc(Cl)c1Cl. The highest BCUT2D eigenvalue weighted by molar-refractivity contribution is 6.42. The van der Waals surface area contributed by atoms with Gasteiger partial charge in [0.1, 0.15) is 10.8 Å². The van der Waals surface area contributed by atoms with Crippen LogP contribution in [0.15, 0.2) is 36.5 Å². The molecule has 0 aliphatic rings. The Morgan fingerprint density at radius 3 is 2.76 bits per heavy atom. The summed E-state index contributed by atoms with van der Waals surface area (Å²) in [4.78, 5) is 14.8. The van der Waals surface area contributed by atoms with Crippen molar-refractivity contribution in [2.24, 2.45) is 0 Å². The van der Waals surface area contributed by atoms with Gasteiger partial charge in [0.25, 0.3) is 0 Å². The van der Waals surface area contributed by atoms with Crippen LogP contribution in [0.3, 0.4) is 0 Å². The van der Waals surface area contributed by atoms with E-state index in [4.69, 9.17) is 27.9 Å². The minimum Gasteiger partial charge on any atom is -0.437 e. The van der Waals surface area contributed by atoms with Crippen LogP contribution in [-0.2, 0) is 0 Å². The maximum atomic E-state index is 10.8. The van der Waals surface area contributed by atoms with Crippen LogP contribution in [0, 0.1) is 0 Å². The van der Waals surface area contributed by atoms with Gasteiger partial charge in [-0.2, -0.15) is 0 Å². The first-order valence-electron chi connectivity index (χ1n) is 4.74. The number of aromatic nitrogens is 1. The number of rotatable bonds is 3. The van der Waals surface area contributed by atoms with Crippen molar-refractivity contribution in [2.75, 3.05) is 0 Å². The fraction of sp³-hybridized carbons (Fsp3) is 0. The molecule has 5 heteroatoms. The Bertz CT molecular complexity index is 558. The van der Waals surface area contributed by atoms with Crippen molar-refractivity contribution in [3.8, 4) is 11.6 Å². The van der Waals surface area contributed by atoms with Crippen molar-refractivity contribution < 1.29 is 9.53 Å². The van der Waals surface area contributed by atoms with Crippen LogP contribution in [0.1, 0.15) is 10.4 Å². The van der Waals surface area contributed by atoms with Gasteiger partial charge in [-0.3, -0.25) is 4.79 Å². The third kappa shape index (κ3) is 2.57. The van der Waals surface area contributed by atoms with E-state index >= 15 is 0 Å². The van der Waals surface area contributed by atoms with Crippen LogP contribution >= 0.6 is 23.2 Å². The maximum Gasteiger partial charge on any atom is 0.229 e. The van der Waals surface area contributed by atoms with Gasteiger partial charge >= 0.3 is 0 Å². The summed E-state index contributed by atoms with van der Waals surface area (Å²) in [5.74, 6) is 0.563. The molecule has 0 unspecified atom stereocenters. The number of hydrogen-bond acceptors (Lipinski definition) is 3. The number of nitrogens with zero attached hydrogens (tertiary/aromatic N) is 1. The highest BCUT2D eigenvalue weighted by Gasteiger charge is 2.09. The summed E-state index contributed by atoms with van der Waals surface area (Å²) in [6.07, 6.45) is 2.20. The fourth-order valence-electron chi connectivity index (χ4n) is 1.25. The van der Waals surface area contributed by atoms with E-state index in [1.165, 1.54) is 6.20 Å². The Morgan fingerprint density at radius 1 is 1.18 bits per heavy atom. The zero-order valence-corrected chi connectivity index (χ0v) is 10.1. The highest BCUT2D eigenvalue weighted by Crippen LogP contribution is 2.34. The zero-order chi connectivity index (χ0) is 12.3. The summed E-state index contributed by atoms with van der Waals surface area (Å²) in [5, 5.41) is 0.671. The van der Waals surface area contributed by atoms with E-state index in [1.54, 1.807) is 30.3 Å². The molecule has 0 aliphatic heterocycles. The lowest BCUT2D eigenvalue weighted by Crippen LogP contribution is -1.93. The number of aldehydes is 1. The van der Waals surface area contributed by atoms with E-state index in [-0.39, 0.29) is 10.9 Å². The highest BCUT2D eigenvalue weighted by atomic mass is 35.5. The van der Waals surface area contributed by atoms with Gasteiger partial charge in [-0.15, -0.1) is 0 Å². The van der Waals surface area contributed by atoms with Crippen LogP contribution in [0.25, 0.3) is 0 Å². The average molecular weight is 268 g/mol. The smallest absolute Gasteiger partial charge is 0.229 e. The first kappa shape index (κ1) is 11.9. The third-order valence-corrected chi connectivity index (χ3v) is 2.85. The second-order valence-corrected chi connectivity index (χ2v) is 3.95. The molecule has 0 saturated heterocycles. The van der Waals surface area contributed by atoms with Gasteiger partial charge < -0.3 is 4.74 Å². The molecule has 0 bridgehead atoms. The predicted molar refractivity (Wildman–Crippen MR) is 66.2 cm³/mol. The first-order valence-corrected chi connectivity index (χ1v) is 5.50. The molecule has 0 aliphatic carbocycles. The molecular weight excluding hydrogens is 261 g/mol. The van der Waals surface area contributed by atoms with Gasteiger partial charge in [0.15, 0.2) is 6.29 Å². The van der Waals surface area contributed by atoms with Crippen LogP contribution in [-0.4, -0.2) is 11.3 Å². The predicted octanol–water partition coefficient (Wildman–Crippen LogP) is 3.99. The van der Waals surface area contributed by atoms with E-state index in [0.717, 1.165) is 0 Å². The molecule has 2 aromatic rings. The van der Waals surface area contributed by atoms with E-state index in [9.17, 15) is 4.79 Å². The van der Waals surface area contributed by atoms with Crippen molar-refractivity contribution in [3.63, 3.8) is 0 Å². The van der Waals surface area contributed by atoms with Gasteiger partial charge in [-0.1, -0.05) is 29.3 Å². The summed E-state index contributed by atoms with van der Waals surface area (Å²) in [6, 6.07) is 8.25. The fourth-order valence-corrected chi connectivity index (χ4v) is 1.58. The number of hydrogen-bond donors (Lipinski definition) is 0. The summed E-state index contributed by atoms with van der Waals surface area (Å²) in [6.45, 7) is 0. The van der Waals surface area contributed by atoms with Gasteiger partial charge in [0.05, 0.1) is 10.6 Å². The molecule has 0 radical (unpaired) electrons. The van der Waals surface area contributed by atoms with Crippen LogP contribution in [0.5, 0.6) is 11.6 Å². The molecule has 0 N–H and O–H groups in total. The molecule has 0 spiro atoms. The summed E-state index contributed by atoms with van der Waals surface area (Å²) >= 11 is 11.8. The average Bonchev–Trinajstić information content (AvgIpc) is 2.35. The lowest BCUT2D eigenvalue weighted by Gasteiger charge is -2.08. The Hall–Kier alpha value is -1.58. The minimum atomic E-state index is 0.201. The molecule has 1 aromatic heterocycles. The Balaban J connectivity index is 2.38. The lowest BCUT2D eigenvalue weighted by atomic mass is 10.3. The van der Waals surface area contributed by atoms with Crippen LogP contribution in [0.4, 0.5) is 0 Å². The third-order valence-electron chi connectivity index (χ3n) is 2.05. The summed E-state index contributed by atoms with van der Waals surface area (Å²) in [5.41, 5.74) is 0.351. The Morgan fingerprint density at radius 2 is 2.00 bits per heavy atom. The standard InChI is InChI=1S/C12H7Cl2NO2/c13-9-4-1-5-10(11(9)14)17-12-8(7-16)3-2-6-15-12/h1-7H. The van der Waals surface area contributed by atoms with Gasteiger partial charge in [0, 0.05) is 6.20 Å². The Labute approximate surface area is 108 Å². The Kier molecular flexibility index (Phi) is 3.61. The lowest BCUT2D eigenvalue weighted by molar-refractivity contribution is 0.112. The van der Waals surface area contributed by atoms with E-state index < -0.39 is 0 Å². The monoisotopic (exact) mass is 267 g/mol. The van der Waals surface area contributed by atoms with Crippen molar-refractivity contribution in [1.29, 1.82) is 0 Å². The molecule has 0 saturated carbocycles. The number of pyridine rings is 1. The van der Waals surface area contributed by atoms with Gasteiger partial charge in [-0.05, 0) is 24.3 Å². The van der Waals surface area contributed by atoms with E-state index in [0.29, 0.717) is 22.6 Å². The van der Waals surface area contributed by atoms with Gasteiger partial charge in [-0.25, -0.2) is 4.98 Å². The molecule has 3 nitrogen and oxygen atoms in total. The largest absolute Gasteiger partial charge is 0.437 e. The molecule has 0 fully saturated rings. The molecule has 86 valence electrons.